The predicted molar refractivity (Wildman–Crippen MR) is 278 cm³/mol. The highest BCUT2D eigenvalue weighted by molar-refractivity contribution is 7.99. The molecule has 2 aliphatic carbocycles. The highest BCUT2D eigenvalue weighted by Gasteiger charge is 2.44. The van der Waals surface area contributed by atoms with Gasteiger partial charge >= 0.3 is 0 Å². The second-order valence-electron chi connectivity index (χ2n) is 20.4. The Morgan fingerprint density at radius 1 is 0.343 bits per heavy atom. The third-order valence-electron chi connectivity index (χ3n) is 15.7. The van der Waals surface area contributed by atoms with Gasteiger partial charge in [0.1, 0.15) is 23.0 Å². The fourth-order valence-electron chi connectivity index (χ4n) is 12.3. The first-order chi connectivity index (χ1) is 32.5. The average Bonchev–Trinajstić information content (AvgIpc) is 3.72. The third kappa shape index (κ3) is 5.25. The van der Waals surface area contributed by atoms with Gasteiger partial charge in [0.2, 0.25) is 0 Å². The van der Waals surface area contributed by atoms with E-state index in [9.17, 15) is 0 Å². The number of fused-ring (bicyclic) bond motifs is 18. The van der Waals surface area contributed by atoms with Crippen LogP contribution in [0.15, 0.2) is 186 Å². The van der Waals surface area contributed by atoms with Gasteiger partial charge in [0.15, 0.2) is 0 Å². The fourth-order valence-corrected chi connectivity index (χ4v) is 13.2. The second kappa shape index (κ2) is 13.4. The summed E-state index contributed by atoms with van der Waals surface area (Å²) in [5.41, 5.74) is 15.1. The number of hydrogen-bond acceptors (Lipinski definition) is 4. The van der Waals surface area contributed by atoms with Crippen molar-refractivity contribution in [2.24, 2.45) is 0 Å². The molecule has 4 aliphatic rings. The lowest BCUT2D eigenvalue weighted by Gasteiger charge is -2.36. The molecule has 2 aliphatic heterocycles. The Hall–Kier alpha value is -7.27. The molecule has 4 heteroatoms. The molecule has 0 radical (unpaired) electrons. The molecule has 0 aromatic heterocycles. The van der Waals surface area contributed by atoms with E-state index in [2.05, 4.69) is 222 Å². The van der Waals surface area contributed by atoms with Gasteiger partial charge in [0.25, 0.3) is 0 Å². The van der Waals surface area contributed by atoms with Crippen LogP contribution in [0.25, 0.3) is 54.6 Å². The van der Waals surface area contributed by atoms with Gasteiger partial charge in [-0.25, -0.2) is 0 Å². The smallest absolute Gasteiger partial charge is 0.149 e. The van der Waals surface area contributed by atoms with Gasteiger partial charge in [0.05, 0.1) is 9.79 Å². The molecule has 10 aromatic rings. The van der Waals surface area contributed by atoms with Crippen molar-refractivity contribution in [3.63, 3.8) is 0 Å². The van der Waals surface area contributed by atoms with E-state index in [1.165, 1.54) is 88.0 Å². The van der Waals surface area contributed by atoms with Crippen molar-refractivity contribution in [1.82, 2.24) is 0 Å². The van der Waals surface area contributed by atoms with Crippen LogP contribution >= 0.6 is 11.8 Å². The molecule has 67 heavy (non-hydrogen) atoms. The van der Waals surface area contributed by atoms with Gasteiger partial charge in [-0.3, -0.25) is 0 Å². The zero-order chi connectivity index (χ0) is 45.1. The molecule has 0 N–H and O–H groups in total. The van der Waals surface area contributed by atoms with Crippen LogP contribution in [0.2, 0.25) is 0 Å². The average molecular weight is 882 g/mol. The highest BCUT2D eigenvalue weighted by atomic mass is 32.2. The molecule has 2 heterocycles. The minimum atomic E-state index is -0.276. The van der Waals surface area contributed by atoms with Crippen molar-refractivity contribution in [1.29, 1.82) is 0 Å². The normalized spacial score (nSPS) is 15.9. The largest absolute Gasteiger partial charge is 0.456 e. The third-order valence-corrected chi connectivity index (χ3v) is 16.8. The van der Waals surface area contributed by atoms with Crippen LogP contribution in [0.1, 0.15) is 74.9 Å². The van der Waals surface area contributed by atoms with E-state index in [-0.39, 0.29) is 16.2 Å². The molecule has 0 atom stereocenters. The van der Waals surface area contributed by atoms with Crippen LogP contribution < -0.4 is 14.4 Å². The molecular weight excluding hydrogens is 835 g/mol. The second-order valence-corrected chi connectivity index (χ2v) is 21.5. The predicted octanol–water partition coefficient (Wildman–Crippen LogP) is 17.9. The SMILES string of the molecule is CC1(C)c2ccccc2Oc2c1ccc1c2-c2ccc(N(c3ccc4c(c3)C(C)(C)c3ccc5c(c3-4)Oc3ccccc3S5)c3ccc4c5ccccc5c5ccccc5c4c3)cc2C1(C)C. The molecule has 0 saturated heterocycles. The fraction of sp³-hybridized carbons (Fsp3) is 0.143. The number of nitrogens with zero attached hydrogens (tertiary/aromatic N) is 1. The molecule has 3 nitrogen and oxygen atoms in total. The van der Waals surface area contributed by atoms with Crippen molar-refractivity contribution in [2.75, 3.05) is 4.90 Å². The summed E-state index contributed by atoms with van der Waals surface area (Å²) in [6, 6.07) is 65.3. The Morgan fingerprint density at radius 2 is 0.806 bits per heavy atom. The Labute approximate surface area is 395 Å². The molecule has 0 saturated carbocycles. The van der Waals surface area contributed by atoms with E-state index in [1.807, 2.05) is 0 Å². The minimum Gasteiger partial charge on any atom is -0.456 e. The molecule has 0 bridgehead atoms. The topological polar surface area (TPSA) is 21.7 Å². The van der Waals surface area contributed by atoms with Gasteiger partial charge in [0, 0.05) is 55.6 Å². The number of hydrogen-bond donors (Lipinski definition) is 0. The molecular formula is C63H47NO2S. The van der Waals surface area contributed by atoms with Crippen LogP contribution in [-0.2, 0) is 16.2 Å². The summed E-state index contributed by atoms with van der Waals surface area (Å²) in [6.07, 6.45) is 0. The van der Waals surface area contributed by atoms with E-state index < -0.39 is 0 Å². The van der Waals surface area contributed by atoms with Crippen molar-refractivity contribution in [3.8, 4) is 45.3 Å². The summed E-state index contributed by atoms with van der Waals surface area (Å²) in [4.78, 5) is 4.80. The van der Waals surface area contributed by atoms with Crippen molar-refractivity contribution >= 4 is 61.1 Å². The van der Waals surface area contributed by atoms with E-state index in [0.29, 0.717) is 0 Å². The maximum absolute atomic E-state index is 6.95. The number of rotatable bonds is 3. The molecule has 0 amide bonds. The van der Waals surface area contributed by atoms with Gasteiger partial charge in [-0.05, 0) is 126 Å². The summed E-state index contributed by atoms with van der Waals surface area (Å²) in [6.45, 7) is 14.1. The van der Waals surface area contributed by atoms with Crippen LogP contribution in [0.4, 0.5) is 17.1 Å². The van der Waals surface area contributed by atoms with Crippen LogP contribution in [0.3, 0.4) is 0 Å². The van der Waals surface area contributed by atoms with E-state index in [0.717, 1.165) is 49.9 Å². The summed E-state index contributed by atoms with van der Waals surface area (Å²) in [5.74, 6) is 3.81. The van der Waals surface area contributed by atoms with Gasteiger partial charge < -0.3 is 14.4 Å². The molecule has 0 fully saturated rings. The molecule has 322 valence electrons. The zero-order valence-electron chi connectivity index (χ0n) is 38.4. The first-order valence-electron chi connectivity index (χ1n) is 23.5. The molecule has 0 spiro atoms. The lowest BCUT2D eigenvalue weighted by Crippen LogP contribution is -2.25. The Balaban J connectivity index is 0.978. The Kier molecular flexibility index (Phi) is 7.81. The van der Waals surface area contributed by atoms with E-state index >= 15 is 0 Å². The summed E-state index contributed by atoms with van der Waals surface area (Å²) in [7, 11) is 0. The maximum Gasteiger partial charge on any atom is 0.149 e. The first kappa shape index (κ1) is 38.9. The summed E-state index contributed by atoms with van der Waals surface area (Å²) < 4.78 is 13.8. The molecule has 14 rings (SSSR count). The van der Waals surface area contributed by atoms with Crippen LogP contribution in [0, 0.1) is 0 Å². The zero-order valence-corrected chi connectivity index (χ0v) is 39.2. The van der Waals surface area contributed by atoms with Crippen LogP contribution in [-0.4, -0.2) is 0 Å². The maximum atomic E-state index is 6.95. The number of anilines is 3. The molecule has 0 unspecified atom stereocenters. The van der Waals surface area contributed by atoms with Gasteiger partial charge in [-0.15, -0.1) is 0 Å². The summed E-state index contributed by atoms with van der Waals surface area (Å²) in [5, 5.41) is 7.58. The quantitative estimate of drug-likeness (QED) is 0.165. The van der Waals surface area contributed by atoms with Crippen molar-refractivity contribution < 1.29 is 9.47 Å². The number of benzene rings is 10. The lowest BCUT2D eigenvalue weighted by molar-refractivity contribution is 0.419. The van der Waals surface area contributed by atoms with Crippen LogP contribution in [0.5, 0.6) is 23.0 Å². The van der Waals surface area contributed by atoms with Crippen molar-refractivity contribution in [3.05, 3.63) is 209 Å². The Morgan fingerprint density at radius 3 is 1.46 bits per heavy atom. The Bertz CT molecular complexity index is 3800. The number of para-hydroxylation sites is 2. The van der Waals surface area contributed by atoms with Gasteiger partial charge in [-0.1, -0.05) is 169 Å². The van der Waals surface area contributed by atoms with E-state index in [1.54, 1.807) is 11.8 Å². The number of ether oxygens (including phenoxy) is 2. The standard InChI is InChI=1S/C63H47NO2S/c1-61(2)47-19-11-12-20-53(47)65-59-50(61)30-29-48-57(59)44-27-24-37(34-51(44)62(48,3)4)64(36-23-26-43-41-17-8-7-15-39(41)40-16-9-10-18-42(40)46(43)33-36)38-25-28-45-52(35-38)63(5,6)49-31-32-56-60(58(45)49)66-54-21-13-14-22-55(54)67-56/h7-35H,1-6H3. The highest BCUT2D eigenvalue weighted by Crippen LogP contribution is 2.61. The monoisotopic (exact) mass is 881 g/mol. The summed E-state index contributed by atoms with van der Waals surface area (Å²) >= 11 is 1.80. The first-order valence-corrected chi connectivity index (χ1v) is 24.3. The van der Waals surface area contributed by atoms with E-state index in [4.69, 9.17) is 9.47 Å². The van der Waals surface area contributed by atoms with Crippen molar-refractivity contribution in [2.45, 2.75) is 67.6 Å². The van der Waals surface area contributed by atoms with Gasteiger partial charge in [-0.2, -0.15) is 0 Å². The minimum absolute atomic E-state index is 0.204. The molecule has 10 aromatic carbocycles. The lowest BCUT2D eigenvalue weighted by atomic mass is 9.74.